The largest absolute Gasteiger partial charge is 0.460 e. The predicted molar refractivity (Wildman–Crippen MR) is 358 cm³/mol. The van der Waals surface area contributed by atoms with Crippen molar-refractivity contribution in [2.24, 2.45) is 11.8 Å². The molecule has 0 aromatic carbocycles. The van der Waals surface area contributed by atoms with Crippen molar-refractivity contribution in [1.82, 2.24) is 26.2 Å². The molecule has 4 heterocycles. The first-order valence-electron chi connectivity index (χ1n) is 34.7. The van der Waals surface area contributed by atoms with E-state index in [1.54, 1.807) is 11.8 Å². The van der Waals surface area contributed by atoms with Crippen LogP contribution in [-0.4, -0.2) is 317 Å². The molecule has 4 rings (SSSR count). The number of amides is 5. The summed E-state index contributed by atoms with van der Waals surface area (Å²) in [6, 6.07) is -1.71. The SMILES string of the molecule is C=C(CCCCCCC)C(=O)OCC(NC(=O)C(O)C(C)C(O[C@@H]1OC(CO)[C@H](O)[C@H](O)C1O)C(O)CO)C(=O)COC(=O)CCCC[C@H]1SC[C@H]2NC(=O)N[C@H]21.C=C(CCCCCCC)C(=O)OCCN(CCNC(=O)C(O)C(C)C(O[C@@H]1OC(CO)[C@H](O)[C@H](O)C1O)C(O)CO)C(C)=O. The third-order valence-corrected chi connectivity index (χ3v) is 19.5. The third kappa shape index (κ3) is 29.4. The van der Waals surface area contributed by atoms with Gasteiger partial charge in [0.15, 0.2) is 25.0 Å². The van der Waals surface area contributed by atoms with E-state index < -0.39 is 191 Å². The molecule has 0 aliphatic carbocycles. The summed E-state index contributed by atoms with van der Waals surface area (Å²) in [6.45, 7) is 10.7. The topological polar surface area (TPSA) is 536 Å². The van der Waals surface area contributed by atoms with Gasteiger partial charge in [-0.15, -0.1) is 0 Å². The Morgan fingerprint density at radius 3 is 1.59 bits per heavy atom. The molecule has 13 unspecified atom stereocenters. The van der Waals surface area contributed by atoms with Gasteiger partial charge in [0.2, 0.25) is 17.7 Å². The number of unbranched alkanes of at least 4 members (excludes halogenated alkanes) is 9. The smallest absolute Gasteiger partial charge is 0.333 e. The van der Waals surface area contributed by atoms with Gasteiger partial charge in [-0.1, -0.05) is 98.6 Å². The van der Waals surface area contributed by atoms with E-state index in [9.17, 15) is 110 Å². The molecule has 0 radical (unpaired) electrons. The molecule has 4 saturated heterocycles. The highest BCUT2D eigenvalue weighted by atomic mass is 32.2. The molecule has 101 heavy (non-hydrogen) atoms. The first-order chi connectivity index (χ1) is 47.9. The second kappa shape index (κ2) is 47.4. The summed E-state index contributed by atoms with van der Waals surface area (Å²) in [7, 11) is 0. The molecule has 5 amide bonds. The lowest BCUT2D eigenvalue weighted by Crippen LogP contribution is -2.61. The summed E-state index contributed by atoms with van der Waals surface area (Å²) in [6.07, 6.45) is -14.8. The Labute approximate surface area is 592 Å². The zero-order valence-corrected chi connectivity index (χ0v) is 59.3. The molecule has 4 fully saturated rings. The predicted octanol–water partition coefficient (Wildman–Crippen LogP) is -3.75. The molecule has 582 valence electrons. The van der Waals surface area contributed by atoms with Crippen LogP contribution in [0.2, 0.25) is 0 Å². The number of urea groups is 1. The summed E-state index contributed by atoms with van der Waals surface area (Å²) in [4.78, 5) is 102. The monoisotopic (exact) mass is 1470 g/mol. The Bertz CT molecular complexity index is 2560. The Hall–Kier alpha value is -5.13. The van der Waals surface area contributed by atoms with Crippen molar-refractivity contribution >= 4 is 59.2 Å². The number of thioether (sulfide) groups is 1. The van der Waals surface area contributed by atoms with E-state index in [4.69, 9.17) is 33.2 Å². The molecule has 18 N–H and O–H groups in total. The first kappa shape index (κ1) is 90.1. The van der Waals surface area contributed by atoms with E-state index >= 15 is 0 Å². The van der Waals surface area contributed by atoms with E-state index in [0.29, 0.717) is 37.7 Å². The van der Waals surface area contributed by atoms with Gasteiger partial charge in [0.05, 0.1) is 57.3 Å². The maximum absolute atomic E-state index is 13.4. The Morgan fingerprint density at radius 1 is 0.624 bits per heavy atom. The average molecular weight is 1470 g/mol. The highest BCUT2D eigenvalue weighted by Gasteiger charge is 2.49. The standard InChI is InChI=1S/C37H61N3O16S.C29H52N2O13/c1-4-5-6-7-8-11-19(2)35(51)54-16-21(24(44)17-53-27(45)13-10-9-12-26-28-22(18-57-26)39-37(52)40-28)38-34(50)29(46)20(3)33(23(43)14-41)56-36-32(49)31(48)30(47)25(15-42)55-36;1-5-6-7-8-9-10-17(2)28(41)42-14-13-31(19(4)34)12-11-30-27(40)22(36)18(3)26(20(35)15-32)44-29-25(39)24(38)23(37)21(16-33)43-29/h20-23,25-26,28-33,36,41-43,46-49H,2,4-18H2,1,3H3,(H,38,50)(H2,39,40,52);18,20-26,29,32-33,35-39H,2,5-16H2,1,3-4H3,(H,30,40)/t20?,21?,22-,23?,25?,26-,28-,29?,30+,31+,32?,33?,36+;18?,20?,21?,22?,23-,24-,25?,26?,29-/m10/s1. The summed E-state index contributed by atoms with van der Waals surface area (Å²) in [5.74, 6) is -7.17. The van der Waals surface area contributed by atoms with Crippen molar-refractivity contribution in [3.8, 4) is 0 Å². The maximum Gasteiger partial charge on any atom is 0.333 e. The normalized spacial score (nSPS) is 26.6. The van der Waals surface area contributed by atoms with Crippen molar-refractivity contribution in [2.45, 2.75) is 259 Å². The molecule has 0 aromatic heterocycles. The highest BCUT2D eigenvalue weighted by Crippen LogP contribution is 2.34. The van der Waals surface area contributed by atoms with E-state index in [0.717, 1.165) is 70.0 Å². The lowest BCUT2D eigenvalue weighted by molar-refractivity contribution is -0.323. The Balaban J connectivity index is 0.000000544. The molecule has 34 nitrogen and oxygen atoms in total. The number of rotatable bonds is 47. The fourth-order valence-electron chi connectivity index (χ4n) is 11.4. The van der Waals surface area contributed by atoms with Crippen LogP contribution in [0.1, 0.15) is 137 Å². The van der Waals surface area contributed by atoms with Gasteiger partial charge in [0.25, 0.3) is 0 Å². The fourth-order valence-corrected chi connectivity index (χ4v) is 13.0. The summed E-state index contributed by atoms with van der Waals surface area (Å²) >= 11 is 1.74. The van der Waals surface area contributed by atoms with Crippen LogP contribution in [-0.2, 0) is 66.7 Å². The summed E-state index contributed by atoms with van der Waals surface area (Å²) in [5, 5.41) is 152. The highest BCUT2D eigenvalue weighted by molar-refractivity contribution is 8.00. The molecule has 0 saturated carbocycles. The van der Waals surface area contributed by atoms with Gasteiger partial charge in [0, 0.05) is 60.4 Å². The molecule has 35 heteroatoms. The second-order valence-electron chi connectivity index (χ2n) is 25.8. The molecule has 0 aromatic rings. The molecule has 22 atom stereocenters. The van der Waals surface area contributed by atoms with Crippen LogP contribution in [0.3, 0.4) is 0 Å². The van der Waals surface area contributed by atoms with Gasteiger partial charge in [0.1, 0.15) is 92.5 Å². The van der Waals surface area contributed by atoms with Gasteiger partial charge >= 0.3 is 23.9 Å². The minimum absolute atomic E-state index is 0.00723. The van der Waals surface area contributed by atoms with Crippen LogP contribution in [0.4, 0.5) is 4.79 Å². The van der Waals surface area contributed by atoms with E-state index in [-0.39, 0.29) is 67.5 Å². The van der Waals surface area contributed by atoms with Crippen molar-refractivity contribution < 1.29 is 143 Å². The number of hydrogen-bond acceptors (Lipinski definition) is 30. The third-order valence-electron chi connectivity index (χ3n) is 18.0. The van der Waals surface area contributed by atoms with Crippen molar-refractivity contribution in [3.63, 3.8) is 0 Å². The lowest BCUT2D eigenvalue weighted by atomic mass is 9.92. The molecular formula is C66H113N5O29S. The second-order valence-corrected chi connectivity index (χ2v) is 27.1. The number of carbonyl (C=O) groups is 8. The lowest BCUT2D eigenvalue weighted by Gasteiger charge is -2.42. The quantitative estimate of drug-likeness (QED) is 0.00915. The van der Waals surface area contributed by atoms with Gasteiger partial charge in [-0.2, -0.15) is 11.8 Å². The number of ketones is 1. The molecule has 4 aliphatic heterocycles. The number of aliphatic hydroxyl groups is 14. The van der Waals surface area contributed by atoms with E-state index in [1.165, 1.54) is 25.7 Å². The van der Waals surface area contributed by atoms with Gasteiger partial charge in [-0.25, -0.2) is 14.4 Å². The van der Waals surface area contributed by atoms with Crippen LogP contribution < -0.4 is 21.3 Å². The zero-order valence-electron chi connectivity index (χ0n) is 58.4. The number of Topliss-reactive ketones (excluding diaryl/α,β-unsaturated/α-hetero) is 1. The van der Waals surface area contributed by atoms with Gasteiger partial charge in [-0.05, 0) is 38.5 Å². The fraction of sp³-hybridized carbons (Fsp3) is 0.818. The minimum atomic E-state index is -2.09. The van der Waals surface area contributed by atoms with Crippen LogP contribution in [0.5, 0.6) is 0 Å². The van der Waals surface area contributed by atoms with Crippen molar-refractivity contribution in [2.75, 3.05) is 71.6 Å². The summed E-state index contributed by atoms with van der Waals surface area (Å²) in [5.41, 5.74) is 0.514. The Morgan fingerprint density at radius 2 is 1.11 bits per heavy atom. The van der Waals surface area contributed by atoms with E-state index in [1.807, 2.05) is 0 Å². The van der Waals surface area contributed by atoms with Crippen molar-refractivity contribution in [3.05, 3.63) is 24.3 Å². The number of carbonyl (C=O) groups excluding carboxylic acids is 8. The Kier molecular flexibility index (Phi) is 42.2. The van der Waals surface area contributed by atoms with Crippen LogP contribution >= 0.6 is 11.8 Å². The van der Waals surface area contributed by atoms with Crippen LogP contribution in [0.15, 0.2) is 24.3 Å². The van der Waals surface area contributed by atoms with E-state index in [2.05, 4.69) is 48.3 Å². The minimum Gasteiger partial charge on any atom is -0.460 e. The number of hydrogen-bond donors (Lipinski definition) is 18. The first-order valence-corrected chi connectivity index (χ1v) is 35.7. The average Bonchev–Trinajstić information content (AvgIpc) is 1.24. The molecular weight excluding hydrogens is 1360 g/mol. The molecule has 0 spiro atoms. The number of ether oxygens (including phenoxy) is 7. The maximum atomic E-state index is 13.4. The number of nitrogens with zero attached hydrogens (tertiary/aromatic N) is 1. The number of esters is 3. The van der Waals surface area contributed by atoms with Crippen LogP contribution in [0.25, 0.3) is 0 Å². The van der Waals surface area contributed by atoms with Gasteiger partial charge in [-0.3, -0.25) is 24.0 Å². The van der Waals surface area contributed by atoms with Crippen LogP contribution in [0, 0.1) is 11.8 Å². The number of fused-ring (bicyclic) bond motifs is 1. The van der Waals surface area contributed by atoms with Crippen molar-refractivity contribution in [1.29, 1.82) is 0 Å². The summed E-state index contributed by atoms with van der Waals surface area (Å²) < 4.78 is 37.4. The number of aliphatic hydroxyl groups excluding tert-OH is 14. The molecule has 4 aliphatic rings. The van der Waals surface area contributed by atoms with Gasteiger partial charge < -0.3 is 131 Å². The number of nitrogens with one attached hydrogen (secondary N) is 4. The molecule has 0 bridgehead atoms. The zero-order chi connectivity index (χ0) is 75.6.